The highest BCUT2D eigenvalue weighted by Gasteiger charge is 2.11. The molecule has 4 heteroatoms. The van der Waals surface area contributed by atoms with Crippen molar-refractivity contribution in [3.8, 4) is 5.69 Å². The van der Waals surface area contributed by atoms with Crippen molar-refractivity contribution >= 4 is 27.3 Å². The molecule has 3 aromatic rings. The van der Waals surface area contributed by atoms with E-state index < -0.39 is 0 Å². The number of anilines is 1. The lowest BCUT2D eigenvalue weighted by Gasteiger charge is -2.08. The van der Waals surface area contributed by atoms with Gasteiger partial charge in [-0.25, -0.2) is 3.96 Å². The molecule has 0 aliphatic heterocycles. The topological polar surface area (TPSA) is 48.0 Å². The highest BCUT2D eigenvalue weighted by atomic mass is 32.1. The maximum atomic E-state index is 12.4. The van der Waals surface area contributed by atoms with Crippen molar-refractivity contribution in [3.63, 3.8) is 0 Å². The van der Waals surface area contributed by atoms with Crippen molar-refractivity contribution in [3.05, 3.63) is 57.9 Å². The lowest BCUT2D eigenvalue weighted by Crippen LogP contribution is -2.12. The Kier molecular flexibility index (Phi) is 2.68. The minimum absolute atomic E-state index is 0.0203. The summed E-state index contributed by atoms with van der Waals surface area (Å²) in [4.78, 5) is 12.4. The molecule has 2 aromatic carbocycles. The van der Waals surface area contributed by atoms with E-state index in [1.807, 2.05) is 50.2 Å². The Morgan fingerprint density at radius 3 is 2.58 bits per heavy atom. The number of nitrogen functional groups attached to an aromatic ring is 1. The van der Waals surface area contributed by atoms with Crippen LogP contribution in [0.4, 0.5) is 5.69 Å². The summed E-state index contributed by atoms with van der Waals surface area (Å²) in [5.41, 5.74) is 9.66. The van der Waals surface area contributed by atoms with E-state index in [1.165, 1.54) is 11.5 Å². The molecule has 0 spiro atoms. The van der Waals surface area contributed by atoms with Gasteiger partial charge in [0.05, 0.1) is 15.8 Å². The van der Waals surface area contributed by atoms with Crippen LogP contribution in [0.2, 0.25) is 0 Å². The van der Waals surface area contributed by atoms with Crippen molar-refractivity contribution < 1.29 is 0 Å². The number of nitrogens with zero attached hydrogens (tertiary/aromatic N) is 1. The average Bonchev–Trinajstić information content (AvgIpc) is 2.72. The van der Waals surface area contributed by atoms with E-state index in [1.54, 1.807) is 3.96 Å². The first kappa shape index (κ1) is 12.0. The van der Waals surface area contributed by atoms with E-state index in [0.29, 0.717) is 5.69 Å². The predicted molar refractivity (Wildman–Crippen MR) is 81.3 cm³/mol. The fourth-order valence-electron chi connectivity index (χ4n) is 2.21. The molecular weight excluding hydrogens is 256 g/mol. The fourth-order valence-corrected chi connectivity index (χ4v) is 3.27. The predicted octanol–water partition coefficient (Wildman–Crippen LogP) is 3.25. The molecule has 0 bridgehead atoms. The summed E-state index contributed by atoms with van der Waals surface area (Å²) in [5, 5.41) is 0.756. The van der Waals surface area contributed by atoms with Gasteiger partial charge in [0, 0.05) is 5.69 Å². The van der Waals surface area contributed by atoms with E-state index in [9.17, 15) is 4.79 Å². The molecular formula is C15H14N2OS. The smallest absolute Gasteiger partial charge is 0.273 e. The van der Waals surface area contributed by atoms with Crippen LogP contribution in [0.3, 0.4) is 0 Å². The number of nitrogens with two attached hydrogens (primary N) is 1. The fraction of sp³-hybridized carbons (Fsp3) is 0.133. The van der Waals surface area contributed by atoms with Gasteiger partial charge in [0.15, 0.2) is 0 Å². The van der Waals surface area contributed by atoms with Gasteiger partial charge in [-0.3, -0.25) is 4.79 Å². The number of rotatable bonds is 1. The molecule has 0 aliphatic carbocycles. The molecule has 96 valence electrons. The third-order valence-corrected chi connectivity index (χ3v) is 4.39. The quantitative estimate of drug-likeness (QED) is 0.690. The van der Waals surface area contributed by atoms with Crippen molar-refractivity contribution in [2.75, 3.05) is 5.73 Å². The Morgan fingerprint density at radius 1 is 1.11 bits per heavy atom. The summed E-state index contributed by atoms with van der Waals surface area (Å²) in [6.07, 6.45) is 0. The lowest BCUT2D eigenvalue weighted by atomic mass is 10.1. The summed E-state index contributed by atoms with van der Waals surface area (Å²) in [6.45, 7) is 3.97. The van der Waals surface area contributed by atoms with Crippen molar-refractivity contribution in [1.82, 2.24) is 3.96 Å². The van der Waals surface area contributed by atoms with E-state index in [0.717, 1.165) is 26.9 Å². The Morgan fingerprint density at radius 2 is 1.84 bits per heavy atom. The van der Waals surface area contributed by atoms with Crippen LogP contribution in [0.1, 0.15) is 11.1 Å². The summed E-state index contributed by atoms with van der Waals surface area (Å²) in [6, 6.07) is 11.5. The second-order valence-electron chi connectivity index (χ2n) is 4.68. The largest absolute Gasteiger partial charge is 0.398 e. The Balaban J connectivity index is 2.34. The first-order chi connectivity index (χ1) is 9.08. The zero-order chi connectivity index (χ0) is 13.6. The van der Waals surface area contributed by atoms with Crippen molar-refractivity contribution in [1.29, 1.82) is 0 Å². The summed E-state index contributed by atoms with van der Waals surface area (Å²) < 4.78 is 2.71. The normalized spacial score (nSPS) is 11.1. The number of hydrogen-bond acceptors (Lipinski definition) is 3. The van der Waals surface area contributed by atoms with Crippen LogP contribution < -0.4 is 11.3 Å². The molecule has 1 heterocycles. The summed E-state index contributed by atoms with van der Waals surface area (Å²) in [7, 11) is 0. The summed E-state index contributed by atoms with van der Waals surface area (Å²) in [5.74, 6) is 0. The van der Waals surface area contributed by atoms with Crippen LogP contribution in [0.5, 0.6) is 0 Å². The van der Waals surface area contributed by atoms with Crippen LogP contribution in [0.25, 0.3) is 15.8 Å². The van der Waals surface area contributed by atoms with Gasteiger partial charge in [-0.1, -0.05) is 29.7 Å². The molecule has 0 aliphatic rings. The minimum Gasteiger partial charge on any atom is -0.398 e. The maximum absolute atomic E-state index is 12.4. The molecule has 0 atom stereocenters. The molecule has 3 nitrogen and oxygen atoms in total. The van der Waals surface area contributed by atoms with Gasteiger partial charge in [0.1, 0.15) is 0 Å². The van der Waals surface area contributed by atoms with Crippen LogP contribution in [0, 0.1) is 13.8 Å². The SMILES string of the molecule is Cc1cc(C)c(-n2sc3ccccc3c2=O)cc1N. The van der Waals surface area contributed by atoms with E-state index in [4.69, 9.17) is 5.73 Å². The molecule has 1 aromatic heterocycles. The highest BCUT2D eigenvalue weighted by Crippen LogP contribution is 2.25. The lowest BCUT2D eigenvalue weighted by molar-refractivity contribution is 1.12. The van der Waals surface area contributed by atoms with Crippen molar-refractivity contribution in [2.24, 2.45) is 0 Å². The first-order valence-electron chi connectivity index (χ1n) is 6.06. The van der Waals surface area contributed by atoms with Gasteiger partial charge in [-0.2, -0.15) is 0 Å². The van der Waals surface area contributed by atoms with Crippen LogP contribution in [-0.2, 0) is 0 Å². The Labute approximate surface area is 115 Å². The van der Waals surface area contributed by atoms with Crippen molar-refractivity contribution in [2.45, 2.75) is 13.8 Å². The van der Waals surface area contributed by atoms with E-state index in [2.05, 4.69) is 0 Å². The second-order valence-corrected chi connectivity index (χ2v) is 5.67. The van der Waals surface area contributed by atoms with Crippen LogP contribution in [-0.4, -0.2) is 3.96 Å². The average molecular weight is 270 g/mol. The Bertz CT molecular complexity index is 830. The van der Waals surface area contributed by atoms with Gasteiger partial charge < -0.3 is 5.73 Å². The standard InChI is InChI=1S/C15H14N2OS/c1-9-7-10(2)13(8-12(9)16)17-15(18)11-5-3-4-6-14(11)19-17/h3-8H,16H2,1-2H3. The molecule has 3 rings (SSSR count). The zero-order valence-electron chi connectivity index (χ0n) is 10.8. The van der Waals surface area contributed by atoms with Gasteiger partial charge in [0.25, 0.3) is 5.56 Å². The summed E-state index contributed by atoms with van der Waals surface area (Å²) >= 11 is 1.45. The highest BCUT2D eigenvalue weighted by molar-refractivity contribution is 7.14. The van der Waals surface area contributed by atoms with E-state index >= 15 is 0 Å². The van der Waals surface area contributed by atoms with Crippen LogP contribution in [0.15, 0.2) is 41.2 Å². The zero-order valence-corrected chi connectivity index (χ0v) is 11.6. The number of fused-ring (bicyclic) bond motifs is 1. The monoisotopic (exact) mass is 270 g/mol. The molecule has 0 saturated heterocycles. The number of aryl methyl sites for hydroxylation is 2. The molecule has 19 heavy (non-hydrogen) atoms. The molecule has 0 amide bonds. The Hall–Kier alpha value is -2.07. The number of aromatic nitrogens is 1. The molecule has 0 fully saturated rings. The molecule has 0 radical (unpaired) electrons. The third-order valence-electron chi connectivity index (χ3n) is 3.29. The van der Waals surface area contributed by atoms with Gasteiger partial charge in [-0.05, 0) is 43.2 Å². The number of hydrogen-bond donors (Lipinski definition) is 1. The number of benzene rings is 2. The first-order valence-corrected chi connectivity index (χ1v) is 6.83. The van der Waals surface area contributed by atoms with E-state index in [-0.39, 0.29) is 5.56 Å². The van der Waals surface area contributed by atoms with Gasteiger partial charge in [0.2, 0.25) is 0 Å². The molecule has 0 unspecified atom stereocenters. The van der Waals surface area contributed by atoms with Gasteiger partial charge in [-0.15, -0.1) is 0 Å². The molecule has 0 saturated carbocycles. The second kappa shape index (κ2) is 4.24. The van der Waals surface area contributed by atoms with Gasteiger partial charge >= 0.3 is 0 Å². The van der Waals surface area contributed by atoms with Crippen LogP contribution >= 0.6 is 11.5 Å². The molecule has 2 N–H and O–H groups in total. The maximum Gasteiger partial charge on any atom is 0.273 e. The minimum atomic E-state index is 0.0203. The third kappa shape index (κ3) is 1.85.